The zero-order valence-electron chi connectivity index (χ0n) is 9.76. The van der Waals surface area contributed by atoms with Gasteiger partial charge in [-0.1, -0.05) is 37.3 Å². The fourth-order valence-corrected chi connectivity index (χ4v) is 1.83. The van der Waals surface area contributed by atoms with Gasteiger partial charge < -0.3 is 9.64 Å². The van der Waals surface area contributed by atoms with Crippen molar-refractivity contribution in [2.24, 2.45) is 0 Å². The minimum Gasteiger partial charge on any atom is -0.444 e. The topological polar surface area (TPSA) is 46.6 Å². The molecular weight excluding hydrogens is 218 g/mol. The average Bonchev–Trinajstić information content (AvgIpc) is 2.36. The Bertz CT molecular complexity index is 416. The van der Waals surface area contributed by atoms with Gasteiger partial charge in [0.2, 0.25) is 5.91 Å². The highest BCUT2D eigenvalue weighted by molar-refractivity contribution is 5.83. The summed E-state index contributed by atoms with van der Waals surface area (Å²) < 4.78 is 4.98. The fourth-order valence-electron chi connectivity index (χ4n) is 1.83. The first kappa shape index (κ1) is 11.6. The van der Waals surface area contributed by atoms with E-state index >= 15 is 0 Å². The molecule has 0 saturated carbocycles. The molecule has 1 aromatic rings. The predicted molar refractivity (Wildman–Crippen MR) is 61.9 cm³/mol. The maximum atomic E-state index is 11.4. The van der Waals surface area contributed by atoms with Crippen LogP contribution in [0.4, 0.5) is 0 Å². The van der Waals surface area contributed by atoms with Gasteiger partial charge in [-0.25, -0.2) is 0 Å². The van der Waals surface area contributed by atoms with Gasteiger partial charge in [0.15, 0.2) is 6.73 Å². The fraction of sp³-hybridized carbons (Fsp3) is 0.385. The molecule has 0 spiro atoms. The maximum absolute atomic E-state index is 11.4. The summed E-state index contributed by atoms with van der Waals surface area (Å²) in [6.45, 7) is 1.79. The van der Waals surface area contributed by atoms with E-state index in [0.717, 1.165) is 5.56 Å². The van der Waals surface area contributed by atoms with E-state index in [1.165, 1.54) is 0 Å². The highest BCUT2D eigenvalue weighted by Crippen LogP contribution is 2.33. The Morgan fingerprint density at radius 3 is 2.71 bits per heavy atom. The zero-order chi connectivity index (χ0) is 12.3. The van der Waals surface area contributed by atoms with Crippen molar-refractivity contribution < 1.29 is 14.3 Å². The summed E-state index contributed by atoms with van der Waals surface area (Å²) in [4.78, 5) is 24.1. The van der Waals surface area contributed by atoms with E-state index in [2.05, 4.69) is 0 Å². The predicted octanol–water partition coefficient (Wildman–Crippen LogP) is 1.87. The van der Waals surface area contributed by atoms with Crippen LogP contribution in [0.25, 0.3) is 0 Å². The van der Waals surface area contributed by atoms with Crippen molar-refractivity contribution >= 4 is 11.9 Å². The third kappa shape index (κ3) is 2.46. The first-order valence-electron chi connectivity index (χ1n) is 5.72. The van der Waals surface area contributed by atoms with Crippen LogP contribution in [0.5, 0.6) is 0 Å². The van der Waals surface area contributed by atoms with Crippen LogP contribution in [-0.2, 0) is 14.3 Å². The van der Waals surface area contributed by atoms with Gasteiger partial charge in [-0.3, -0.25) is 9.59 Å². The van der Waals surface area contributed by atoms with Crippen molar-refractivity contribution in [2.75, 3.05) is 6.73 Å². The molecule has 2 rings (SSSR count). The quantitative estimate of drug-likeness (QED) is 0.589. The summed E-state index contributed by atoms with van der Waals surface area (Å²) >= 11 is 0. The summed E-state index contributed by atoms with van der Waals surface area (Å²) in [5.41, 5.74) is 1.08. The van der Waals surface area contributed by atoms with Crippen molar-refractivity contribution in [1.29, 1.82) is 0 Å². The van der Waals surface area contributed by atoms with Gasteiger partial charge in [0.1, 0.15) is 0 Å². The van der Waals surface area contributed by atoms with Crippen molar-refractivity contribution in [2.45, 2.75) is 25.8 Å². The molecule has 0 aliphatic carbocycles. The van der Waals surface area contributed by atoms with Gasteiger partial charge in [-0.15, -0.1) is 0 Å². The second-order valence-electron chi connectivity index (χ2n) is 3.99. The molecule has 1 fully saturated rings. The van der Waals surface area contributed by atoms with Crippen LogP contribution in [0.2, 0.25) is 0 Å². The summed E-state index contributed by atoms with van der Waals surface area (Å²) in [6, 6.07) is 9.82. The molecule has 1 amide bonds. The van der Waals surface area contributed by atoms with Gasteiger partial charge in [-0.2, -0.15) is 0 Å². The molecule has 4 nitrogen and oxygen atoms in total. The van der Waals surface area contributed by atoms with Crippen LogP contribution < -0.4 is 0 Å². The second-order valence-corrected chi connectivity index (χ2v) is 3.99. The lowest BCUT2D eigenvalue weighted by Crippen LogP contribution is -2.47. The van der Waals surface area contributed by atoms with Crippen molar-refractivity contribution in [3.05, 3.63) is 35.9 Å². The highest BCUT2D eigenvalue weighted by Gasteiger charge is 2.37. The number of benzene rings is 1. The molecule has 4 heteroatoms. The lowest BCUT2D eigenvalue weighted by molar-refractivity contribution is -0.164. The standard InChI is InChI=1S/C13H15NO3/c1-2-13(16)17-9-14-11(8-12(14)15)10-6-4-3-5-7-10/h3-7,11H,2,8-9H2,1H3/t11-/m0/s1. The Morgan fingerprint density at radius 2 is 2.12 bits per heavy atom. The molecule has 17 heavy (non-hydrogen) atoms. The number of esters is 1. The highest BCUT2D eigenvalue weighted by atomic mass is 16.5. The van der Waals surface area contributed by atoms with Crippen LogP contribution in [0, 0.1) is 0 Å². The third-order valence-corrected chi connectivity index (χ3v) is 2.90. The summed E-state index contributed by atoms with van der Waals surface area (Å²) in [5.74, 6) is -0.251. The Hall–Kier alpha value is -1.84. The van der Waals surface area contributed by atoms with Crippen molar-refractivity contribution in [3.8, 4) is 0 Å². The van der Waals surface area contributed by atoms with E-state index in [9.17, 15) is 9.59 Å². The molecule has 1 atom stereocenters. The number of amides is 1. The monoisotopic (exact) mass is 233 g/mol. The van der Waals surface area contributed by atoms with Gasteiger partial charge in [0, 0.05) is 6.42 Å². The number of rotatable bonds is 4. The van der Waals surface area contributed by atoms with Gasteiger partial charge in [-0.05, 0) is 5.56 Å². The van der Waals surface area contributed by atoms with Crippen molar-refractivity contribution in [3.63, 3.8) is 0 Å². The van der Waals surface area contributed by atoms with Crippen molar-refractivity contribution in [1.82, 2.24) is 4.90 Å². The molecule has 0 radical (unpaired) electrons. The van der Waals surface area contributed by atoms with E-state index in [0.29, 0.717) is 12.8 Å². The maximum Gasteiger partial charge on any atom is 0.307 e. The SMILES string of the molecule is CCC(=O)OCN1C(=O)C[C@H]1c1ccccc1. The van der Waals surface area contributed by atoms with Crippen LogP contribution in [-0.4, -0.2) is 23.5 Å². The smallest absolute Gasteiger partial charge is 0.307 e. The van der Waals surface area contributed by atoms with Crippen LogP contribution in [0.15, 0.2) is 30.3 Å². The Balaban J connectivity index is 1.97. The normalized spacial score (nSPS) is 18.8. The molecule has 0 aromatic heterocycles. The van der Waals surface area contributed by atoms with Gasteiger partial charge in [0.25, 0.3) is 0 Å². The Kier molecular flexibility index (Phi) is 3.42. The Morgan fingerprint density at radius 1 is 1.41 bits per heavy atom. The minimum atomic E-state index is -0.281. The first-order valence-corrected chi connectivity index (χ1v) is 5.72. The number of nitrogens with zero attached hydrogens (tertiary/aromatic N) is 1. The Labute approximate surface area is 100 Å². The largest absolute Gasteiger partial charge is 0.444 e. The zero-order valence-corrected chi connectivity index (χ0v) is 9.76. The van der Waals surface area contributed by atoms with Crippen LogP contribution in [0.3, 0.4) is 0 Å². The second kappa shape index (κ2) is 4.99. The van der Waals surface area contributed by atoms with Gasteiger partial charge >= 0.3 is 5.97 Å². The van der Waals surface area contributed by atoms with E-state index in [1.54, 1.807) is 11.8 Å². The lowest BCUT2D eigenvalue weighted by Gasteiger charge is -2.39. The van der Waals surface area contributed by atoms with E-state index < -0.39 is 0 Å². The number of carbonyl (C=O) groups is 2. The number of β-lactam (4-membered cyclic amide) rings is 1. The molecule has 1 aliphatic rings. The number of carbonyl (C=O) groups excluding carboxylic acids is 2. The summed E-state index contributed by atoms with van der Waals surface area (Å²) in [6.07, 6.45) is 0.825. The van der Waals surface area contributed by atoms with Gasteiger partial charge in [0.05, 0.1) is 12.5 Å². The molecule has 0 N–H and O–H groups in total. The number of likely N-dealkylation sites (tertiary alicyclic amines) is 1. The molecule has 1 saturated heterocycles. The minimum absolute atomic E-state index is 0.0303. The van der Waals surface area contributed by atoms with E-state index in [4.69, 9.17) is 4.74 Å². The molecule has 90 valence electrons. The molecule has 1 heterocycles. The van der Waals surface area contributed by atoms with E-state index in [1.807, 2.05) is 30.3 Å². The molecule has 0 unspecified atom stereocenters. The van der Waals surface area contributed by atoms with E-state index in [-0.39, 0.29) is 24.6 Å². The third-order valence-electron chi connectivity index (χ3n) is 2.90. The lowest BCUT2D eigenvalue weighted by atomic mass is 9.95. The molecular formula is C13H15NO3. The molecule has 1 aromatic carbocycles. The average molecular weight is 233 g/mol. The van der Waals surface area contributed by atoms with Crippen LogP contribution >= 0.6 is 0 Å². The summed E-state index contributed by atoms with van der Waals surface area (Å²) in [5, 5.41) is 0. The van der Waals surface area contributed by atoms with Crippen LogP contribution in [0.1, 0.15) is 31.4 Å². The molecule has 1 aliphatic heterocycles. The molecule has 0 bridgehead atoms. The number of hydrogen-bond donors (Lipinski definition) is 0. The number of ether oxygens (including phenoxy) is 1. The summed E-state index contributed by atoms with van der Waals surface area (Å²) in [7, 11) is 0. The first-order chi connectivity index (χ1) is 8.22. The number of hydrogen-bond acceptors (Lipinski definition) is 3.